The minimum absolute atomic E-state index is 0.0495. The molecule has 5 rings (SSSR count). The van der Waals surface area contributed by atoms with Crippen LogP contribution in [0, 0.1) is 0 Å². The molecule has 1 saturated heterocycles. The van der Waals surface area contributed by atoms with Gasteiger partial charge in [-0.2, -0.15) is 4.31 Å². The lowest BCUT2D eigenvalue weighted by molar-refractivity contribution is 0.293. The first-order valence-corrected chi connectivity index (χ1v) is 11.3. The van der Waals surface area contributed by atoms with Crippen LogP contribution in [0.4, 0.5) is 0 Å². The average molecular weight is 445 g/mol. The summed E-state index contributed by atoms with van der Waals surface area (Å²) in [5.41, 5.74) is 1.26. The number of hydrogen-bond acceptors (Lipinski definition) is 6. The molecule has 1 aliphatic rings. The predicted molar refractivity (Wildman–Crippen MR) is 112 cm³/mol. The van der Waals surface area contributed by atoms with Crippen LogP contribution >= 0.6 is 11.6 Å². The highest BCUT2D eigenvalue weighted by Crippen LogP contribution is 2.33. The minimum Gasteiger partial charge on any atom is -0.440 e. The maximum Gasteiger partial charge on any atom is 0.336 e. The van der Waals surface area contributed by atoms with E-state index in [0.717, 1.165) is 0 Å². The molecule has 0 N–H and O–H groups in total. The first-order chi connectivity index (χ1) is 14.4. The number of nitrogens with zero attached hydrogens (tertiary/aromatic N) is 2. The Morgan fingerprint density at radius 1 is 0.967 bits per heavy atom. The normalized spacial score (nSPS) is 16.4. The third-order valence-corrected chi connectivity index (χ3v) is 7.53. The van der Waals surface area contributed by atoms with Gasteiger partial charge in [-0.3, -0.25) is 0 Å². The molecular formula is C21H17ClN2O5S. The van der Waals surface area contributed by atoms with Crippen LogP contribution in [-0.4, -0.2) is 30.8 Å². The molecule has 0 unspecified atom stereocenters. The molecular weight excluding hydrogens is 428 g/mol. The first-order valence-electron chi connectivity index (χ1n) is 9.50. The Bertz CT molecular complexity index is 1420. The van der Waals surface area contributed by atoms with Gasteiger partial charge in [-0.25, -0.2) is 18.2 Å². The molecule has 1 fully saturated rings. The van der Waals surface area contributed by atoms with E-state index in [9.17, 15) is 13.2 Å². The summed E-state index contributed by atoms with van der Waals surface area (Å²) in [5, 5.41) is 1.16. The van der Waals surface area contributed by atoms with Gasteiger partial charge < -0.3 is 8.83 Å². The zero-order valence-electron chi connectivity index (χ0n) is 15.7. The van der Waals surface area contributed by atoms with Gasteiger partial charge in [-0.05, 0) is 55.3 Å². The third kappa shape index (κ3) is 3.40. The van der Waals surface area contributed by atoms with Crippen molar-refractivity contribution in [3.63, 3.8) is 0 Å². The summed E-state index contributed by atoms with van der Waals surface area (Å²) in [4.78, 5) is 16.0. The Labute approximate surface area is 176 Å². The molecule has 0 aliphatic carbocycles. The molecule has 2 aromatic carbocycles. The number of oxazole rings is 1. The fraction of sp³-hybridized carbons (Fsp3) is 0.238. The Hall–Kier alpha value is -2.68. The van der Waals surface area contributed by atoms with E-state index in [1.54, 1.807) is 24.3 Å². The fourth-order valence-corrected chi connectivity index (χ4v) is 5.47. The number of rotatable bonds is 3. The number of piperidine rings is 1. The maximum atomic E-state index is 13.1. The lowest BCUT2D eigenvalue weighted by Gasteiger charge is -2.29. The highest BCUT2D eigenvalue weighted by atomic mass is 35.5. The molecule has 0 bridgehead atoms. The van der Waals surface area contributed by atoms with Crippen LogP contribution in [0.2, 0.25) is 5.02 Å². The van der Waals surface area contributed by atoms with Gasteiger partial charge in [-0.15, -0.1) is 0 Å². The Kier molecular flexibility index (Phi) is 4.65. The molecule has 0 saturated carbocycles. The maximum absolute atomic E-state index is 13.1. The molecule has 1 aliphatic heterocycles. The van der Waals surface area contributed by atoms with Crippen LogP contribution in [-0.2, 0) is 10.0 Å². The molecule has 30 heavy (non-hydrogen) atoms. The monoisotopic (exact) mass is 444 g/mol. The van der Waals surface area contributed by atoms with Crippen LogP contribution in [0.15, 0.2) is 67.1 Å². The van der Waals surface area contributed by atoms with Gasteiger partial charge in [0.2, 0.25) is 10.0 Å². The second-order valence-corrected chi connectivity index (χ2v) is 9.67. The molecule has 0 atom stereocenters. The van der Waals surface area contributed by atoms with Crippen molar-refractivity contribution in [2.75, 3.05) is 13.1 Å². The third-order valence-electron chi connectivity index (χ3n) is 5.40. The van der Waals surface area contributed by atoms with Crippen LogP contribution in [0.5, 0.6) is 0 Å². The van der Waals surface area contributed by atoms with E-state index in [-0.39, 0.29) is 10.8 Å². The van der Waals surface area contributed by atoms with Crippen LogP contribution in [0.25, 0.3) is 22.1 Å². The van der Waals surface area contributed by atoms with Crippen molar-refractivity contribution in [3.05, 3.63) is 69.9 Å². The van der Waals surface area contributed by atoms with E-state index in [1.807, 2.05) is 0 Å². The topological polar surface area (TPSA) is 93.6 Å². The van der Waals surface area contributed by atoms with Crippen molar-refractivity contribution >= 4 is 43.7 Å². The van der Waals surface area contributed by atoms with E-state index in [0.29, 0.717) is 58.9 Å². The summed E-state index contributed by atoms with van der Waals surface area (Å²) in [7, 11) is -3.65. The van der Waals surface area contributed by atoms with Gasteiger partial charge in [0.15, 0.2) is 11.5 Å². The molecule has 9 heteroatoms. The summed E-state index contributed by atoms with van der Waals surface area (Å²) in [5.74, 6) is 0.665. The highest BCUT2D eigenvalue weighted by molar-refractivity contribution is 7.89. The fourth-order valence-electron chi connectivity index (χ4n) is 3.80. The Balaban J connectivity index is 1.36. The van der Waals surface area contributed by atoms with Crippen LogP contribution < -0.4 is 5.63 Å². The number of hydrogen-bond donors (Lipinski definition) is 0. The number of sulfonamides is 1. The summed E-state index contributed by atoms with van der Waals surface area (Å²) >= 11 is 6.01. The molecule has 0 radical (unpaired) electrons. The Morgan fingerprint density at radius 2 is 1.73 bits per heavy atom. The highest BCUT2D eigenvalue weighted by Gasteiger charge is 2.32. The van der Waals surface area contributed by atoms with Gasteiger partial charge in [0.25, 0.3) is 0 Å². The second kappa shape index (κ2) is 7.23. The number of aromatic nitrogens is 1. The second-order valence-electron chi connectivity index (χ2n) is 7.30. The molecule has 4 aromatic rings. The largest absolute Gasteiger partial charge is 0.440 e. The van der Waals surface area contributed by atoms with Gasteiger partial charge >= 0.3 is 5.63 Å². The smallest absolute Gasteiger partial charge is 0.336 e. The van der Waals surface area contributed by atoms with Crippen LogP contribution in [0.3, 0.4) is 0 Å². The zero-order valence-corrected chi connectivity index (χ0v) is 17.3. The zero-order chi connectivity index (χ0) is 20.9. The van der Waals surface area contributed by atoms with Gasteiger partial charge in [0.05, 0.1) is 4.90 Å². The van der Waals surface area contributed by atoms with Gasteiger partial charge in [0, 0.05) is 35.5 Å². The predicted octanol–water partition coefficient (Wildman–Crippen LogP) is 4.16. The molecule has 0 amide bonds. The Morgan fingerprint density at radius 3 is 2.53 bits per heavy atom. The number of halogens is 1. The van der Waals surface area contributed by atoms with E-state index in [4.69, 9.17) is 20.4 Å². The lowest BCUT2D eigenvalue weighted by atomic mass is 9.98. The van der Waals surface area contributed by atoms with Gasteiger partial charge in [-0.1, -0.05) is 11.6 Å². The minimum atomic E-state index is -3.65. The molecule has 7 nitrogen and oxygen atoms in total. The summed E-state index contributed by atoms with van der Waals surface area (Å²) < 4.78 is 38.6. The lowest BCUT2D eigenvalue weighted by Crippen LogP contribution is -2.37. The number of fused-ring (bicyclic) bond motifs is 2. The van der Waals surface area contributed by atoms with E-state index in [1.165, 1.54) is 28.6 Å². The van der Waals surface area contributed by atoms with Crippen molar-refractivity contribution in [2.45, 2.75) is 23.7 Å². The SMILES string of the molecule is O=c1ccc2cc(S(=O)(=O)N3CCC(c4nc5cc(Cl)ccc5o4)CC3)ccc2o1. The average Bonchev–Trinajstić information content (AvgIpc) is 3.16. The van der Waals surface area contributed by atoms with Gasteiger partial charge in [0.1, 0.15) is 11.1 Å². The van der Waals surface area contributed by atoms with Crippen molar-refractivity contribution in [1.82, 2.24) is 9.29 Å². The molecule has 0 spiro atoms. The summed E-state index contributed by atoms with van der Waals surface area (Å²) in [6, 6.07) is 12.6. The van der Waals surface area contributed by atoms with E-state index in [2.05, 4.69) is 4.98 Å². The molecule has 154 valence electrons. The van der Waals surface area contributed by atoms with Crippen molar-refractivity contribution < 1.29 is 17.3 Å². The quantitative estimate of drug-likeness (QED) is 0.440. The molecule has 3 heterocycles. The summed E-state index contributed by atoms with van der Waals surface area (Å²) in [6.07, 6.45) is 1.23. The standard InChI is InChI=1S/C21H17ClN2O5S/c22-15-2-4-19-17(12-15)23-21(29-19)13-7-9-24(10-8-13)30(26,27)16-3-5-18-14(11-16)1-6-20(25)28-18/h1-6,11-13H,7-10H2. The van der Waals surface area contributed by atoms with Crippen molar-refractivity contribution in [1.29, 1.82) is 0 Å². The molecule has 2 aromatic heterocycles. The first kappa shape index (κ1) is 19.3. The van der Waals surface area contributed by atoms with E-state index >= 15 is 0 Å². The van der Waals surface area contributed by atoms with Crippen molar-refractivity contribution in [3.8, 4) is 0 Å². The summed E-state index contributed by atoms with van der Waals surface area (Å²) in [6.45, 7) is 0.739. The van der Waals surface area contributed by atoms with Crippen LogP contribution in [0.1, 0.15) is 24.7 Å². The number of benzene rings is 2. The van der Waals surface area contributed by atoms with Crippen molar-refractivity contribution in [2.24, 2.45) is 0 Å². The van der Waals surface area contributed by atoms with E-state index < -0.39 is 15.6 Å².